The van der Waals surface area contributed by atoms with Crippen molar-refractivity contribution in [1.82, 2.24) is 0 Å². The molecule has 0 aliphatic rings. The van der Waals surface area contributed by atoms with E-state index in [9.17, 15) is 0 Å². The van der Waals surface area contributed by atoms with Crippen molar-refractivity contribution in [3.63, 3.8) is 0 Å². The number of hydrogen-bond acceptors (Lipinski definition) is 1. The highest BCUT2D eigenvalue weighted by Gasteiger charge is 2.12. The Kier molecular flexibility index (Phi) is 4.20. The van der Waals surface area contributed by atoms with E-state index >= 15 is 0 Å². The van der Waals surface area contributed by atoms with Crippen molar-refractivity contribution in [3.05, 3.63) is 48.0 Å². The molecule has 100 valence electrons. The second-order valence-electron chi connectivity index (χ2n) is 6.45. The van der Waals surface area contributed by atoms with E-state index in [1.165, 1.54) is 16.8 Å². The number of benzene rings is 2. The summed E-state index contributed by atoms with van der Waals surface area (Å²) in [5, 5.41) is 10.7. The summed E-state index contributed by atoms with van der Waals surface area (Å²) in [6.45, 7) is 7.19. The minimum Gasteiger partial charge on any atom is -0.305 e. The van der Waals surface area contributed by atoms with Crippen LogP contribution >= 0.6 is 0 Å². The molecule has 0 saturated heterocycles. The molecule has 2 rings (SSSR count). The quantitative estimate of drug-likeness (QED) is 0.560. The summed E-state index contributed by atoms with van der Waals surface area (Å²) in [6, 6.07) is 16.0. The predicted molar refractivity (Wildman–Crippen MR) is 88.2 cm³/mol. The van der Waals surface area contributed by atoms with Gasteiger partial charge in [-0.2, -0.15) is 0 Å². The van der Waals surface area contributed by atoms with E-state index < -0.39 is 8.07 Å². The van der Waals surface area contributed by atoms with Crippen LogP contribution in [0.3, 0.4) is 0 Å². The van der Waals surface area contributed by atoms with Gasteiger partial charge in [0.15, 0.2) is 0 Å². The van der Waals surface area contributed by atoms with Crippen molar-refractivity contribution in [2.45, 2.75) is 38.5 Å². The molecule has 0 heterocycles. The van der Waals surface area contributed by atoms with E-state index in [4.69, 9.17) is 5.41 Å². The lowest BCUT2D eigenvalue weighted by Crippen LogP contribution is -2.19. The molecule has 1 N–H and O–H groups in total. The molecule has 0 aromatic heterocycles. The van der Waals surface area contributed by atoms with Crippen molar-refractivity contribution in [2.75, 3.05) is 0 Å². The average Bonchev–Trinajstić information content (AvgIpc) is 2.36. The van der Waals surface area contributed by atoms with E-state index in [1.807, 2.05) is 0 Å². The van der Waals surface area contributed by atoms with E-state index in [0.717, 1.165) is 24.1 Å². The second kappa shape index (κ2) is 5.70. The molecule has 0 fully saturated rings. The minimum atomic E-state index is -0.965. The van der Waals surface area contributed by atoms with Gasteiger partial charge in [-0.3, -0.25) is 0 Å². The number of rotatable bonds is 5. The smallest absolute Gasteiger partial charge is 0.0442 e. The lowest BCUT2D eigenvalue weighted by Gasteiger charge is -2.15. The van der Waals surface area contributed by atoms with Crippen LogP contribution in [0.1, 0.15) is 18.4 Å². The van der Waals surface area contributed by atoms with Crippen LogP contribution in [-0.2, 0) is 0 Å². The maximum absolute atomic E-state index is 8.23. The van der Waals surface area contributed by atoms with Crippen LogP contribution in [0.5, 0.6) is 0 Å². The summed E-state index contributed by atoms with van der Waals surface area (Å²) < 4.78 is 0. The SMILES string of the molecule is C[Si](C)(C)CCCC(=N)c1ccc2ccccc2c1. The van der Waals surface area contributed by atoms with Gasteiger partial charge in [-0.05, 0) is 28.8 Å². The topological polar surface area (TPSA) is 23.9 Å². The highest BCUT2D eigenvalue weighted by Crippen LogP contribution is 2.19. The second-order valence-corrected chi connectivity index (χ2v) is 12.1. The molecule has 0 atom stereocenters. The van der Waals surface area contributed by atoms with E-state index in [0.29, 0.717) is 0 Å². The summed E-state index contributed by atoms with van der Waals surface area (Å²) in [5.74, 6) is 0. The highest BCUT2D eigenvalue weighted by molar-refractivity contribution is 6.76. The maximum atomic E-state index is 8.23. The molecule has 0 aliphatic heterocycles. The van der Waals surface area contributed by atoms with E-state index in [1.54, 1.807) is 0 Å². The first kappa shape index (κ1) is 14.0. The van der Waals surface area contributed by atoms with Crippen molar-refractivity contribution in [3.8, 4) is 0 Å². The van der Waals surface area contributed by atoms with Crippen LogP contribution in [0.15, 0.2) is 42.5 Å². The number of fused-ring (bicyclic) bond motifs is 1. The zero-order valence-corrected chi connectivity index (χ0v) is 13.2. The van der Waals surface area contributed by atoms with Gasteiger partial charge < -0.3 is 5.41 Å². The lowest BCUT2D eigenvalue weighted by atomic mass is 10.0. The fourth-order valence-corrected chi connectivity index (χ4v) is 3.55. The fourth-order valence-electron chi connectivity index (χ4n) is 2.32. The monoisotopic (exact) mass is 269 g/mol. The molecule has 0 bridgehead atoms. The molecule has 0 saturated carbocycles. The first-order valence-electron chi connectivity index (χ1n) is 7.02. The van der Waals surface area contributed by atoms with Gasteiger partial charge >= 0.3 is 0 Å². The summed E-state index contributed by atoms with van der Waals surface area (Å²) in [5.41, 5.74) is 1.86. The first-order valence-corrected chi connectivity index (χ1v) is 10.7. The minimum absolute atomic E-state index is 0.781. The average molecular weight is 269 g/mol. The fraction of sp³-hybridized carbons (Fsp3) is 0.353. The molecular formula is C17H23NSi. The Labute approximate surface area is 117 Å². The number of nitrogens with one attached hydrogen (secondary N) is 1. The van der Waals surface area contributed by atoms with Crippen molar-refractivity contribution in [2.24, 2.45) is 0 Å². The van der Waals surface area contributed by atoms with Crippen LogP contribution in [0, 0.1) is 5.41 Å². The Morgan fingerprint density at radius 3 is 2.37 bits per heavy atom. The zero-order valence-electron chi connectivity index (χ0n) is 12.2. The lowest BCUT2D eigenvalue weighted by molar-refractivity contribution is 0.960. The molecule has 0 spiro atoms. The summed E-state index contributed by atoms with van der Waals surface area (Å²) in [7, 11) is -0.965. The standard InChI is InChI=1S/C17H23NSi/c1-19(2,3)12-6-9-17(18)16-11-10-14-7-4-5-8-15(14)13-16/h4-5,7-8,10-11,13,18H,6,9,12H2,1-3H3. The maximum Gasteiger partial charge on any atom is 0.0442 e. The van der Waals surface area contributed by atoms with Gasteiger partial charge in [0.1, 0.15) is 0 Å². The zero-order chi connectivity index (χ0) is 13.9. The summed E-state index contributed by atoms with van der Waals surface area (Å²) >= 11 is 0. The van der Waals surface area contributed by atoms with E-state index in [-0.39, 0.29) is 0 Å². The molecule has 2 heteroatoms. The Hall–Kier alpha value is -1.41. The van der Waals surface area contributed by atoms with E-state index in [2.05, 4.69) is 62.1 Å². The normalized spacial score (nSPS) is 11.7. The molecule has 0 aliphatic carbocycles. The third-order valence-corrected chi connectivity index (χ3v) is 5.31. The molecule has 0 unspecified atom stereocenters. The van der Waals surface area contributed by atoms with Crippen LogP contribution in [0.2, 0.25) is 25.7 Å². The Morgan fingerprint density at radius 1 is 1.00 bits per heavy atom. The molecule has 19 heavy (non-hydrogen) atoms. The molecule has 0 amide bonds. The van der Waals surface area contributed by atoms with Crippen molar-refractivity contribution >= 4 is 24.6 Å². The third kappa shape index (κ3) is 4.03. The van der Waals surface area contributed by atoms with Gasteiger partial charge in [-0.15, -0.1) is 0 Å². The van der Waals surface area contributed by atoms with Gasteiger partial charge in [-0.1, -0.05) is 68.5 Å². The van der Waals surface area contributed by atoms with Gasteiger partial charge in [-0.25, -0.2) is 0 Å². The first-order chi connectivity index (χ1) is 8.96. The van der Waals surface area contributed by atoms with Gasteiger partial charge in [0.25, 0.3) is 0 Å². The molecule has 1 nitrogen and oxygen atoms in total. The van der Waals surface area contributed by atoms with Crippen LogP contribution in [0.25, 0.3) is 10.8 Å². The van der Waals surface area contributed by atoms with Gasteiger partial charge in [0.05, 0.1) is 0 Å². The molecule has 0 radical (unpaired) electrons. The van der Waals surface area contributed by atoms with Gasteiger partial charge in [0, 0.05) is 13.8 Å². The van der Waals surface area contributed by atoms with Gasteiger partial charge in [0.2, 0.25) is 0 Å². The van der Waals surface area contributed by atoms with Crippen LogP contribution in [-0.4, -0.2) is 13.8 Å². The molecular weight excluding hydrogens is 246 g/mol. The summed E-state index contributed by atoms with van der Waals surface area (Å²) in [6.07, 6.45) is 2.06. The summed E-state index contributed by atoms with van der Waals surface area (Å²) in [4.78, 5) is 0. The van der Waals surface area contributed by atoms with Crippen LogP contribution < -0.4 is 0 Å². The number of hydrogen-bond donors (Lipinski definition) is 1. The Morgan fingerprint density at radius 2 is 1.68 bits per heavy atom. The Bertz CT molecular complexity index is 581. The molecule has 2 aromatic carbocycles. The Balaban J connectivity index is 2.05. The van der Waals surface area contributed by atoms with Crippen molar-refractivity contribution < 1.29 is 0 Å². The predicted octanol–water partition coefficient (Wildman–Crippen LogP) is 5.33. The third-order valence-electron chi connectivity index (χ3n) is 3.45. The largest absolute Gasteiger partial charge is 0.305 e. The highest BCUT2D eigenvalue weighted by atomic mass is 28.3. The van der Waals surface area contributed by atoms with Crippen LogP contribution in [0.4, 0.5) is 0 Å². The molecule has 2 aromatic rings. The van der Waals surface area contributed by atoms with Crippen molar-refractivity contribution in [1.29, 1.82) is 5.41 Å².